The summed E-state index contributed by atoms with van der Waals surface area (Å²) in [7, 11) is 0. The molecule has 2 unspecified atom stereocenters. The van der Waals surface area contributed by atoms with Gasteiger partial charge in [-0.2, -0.15) is 0 Å². The van der Waals surface area contributed by atoms with Crippen molar-refractivity contribution in [2.45, 2.75) is 90.4 Å². The summed E-state index contributed by atoms with van der Waals surface area (Å²) in [6, 6.07) is 0.446. The van der Waals surface area contributed by atoms with Gasteiger partial charge in [-0.3, -0.25) is 0 Å². The highest BCUT2D eigenvalue weighted by molar-refractivity contribution is 4.92. The second kappa shape index (κ2) is 9.75. The van der Waals surface area contributed by atoms with Crippen molar-refractivity contribution in [1.82, 2.24) is 5.32 Å². The molecule has 3 heteroatoms. The summed E-state index contributed by atoms with van der Waals surface area (Å²) >= 11 is 0. The summed E-state index contributed by atoms with van der Waals surface area (Å²) in [4.78, 5) is 0. The van der Waals surface area contributed by atoms with E-state index in [0.29, 0.717) is 12.1 Å². The van der Waals surface area contributed by atoms with Gasteiger partial charge in [-0.15, -0.1) is 0 Å². The second-order valence-electron chi connectivity index (χ2n) is 5.92. The number of nitrogens with one attached hydrogen (secondary N) is 1. The molecule has 1 saturated heterocycles. The summed E-state index contributed by atoms with van der Waals surface area (Å²) in [5.74, 6) is 0. The molecule has 0 aromatic carbocycles. The van der Waals surface area contributed by atoms with Crippen molar-refractivity contribution < 1.29 is 9.47 Å². The predicted octanol–water partition coefficient (Wildman–Crippen LogP) is 3.91. The summed E-state index contributed by atoms with van der Waals surface area (Å²) in [5, 5.41) is 3.74. The van der Waals surface area contributed by atoms with Crippen LogP contribution in [0.25, 0.3) is 0 Å². The first kappa shape index (κ1) is 17.9. The number of hydrogen-bond acceptors (Lipinski definition) is 3. The Morgan fingerprint density at radius 3 is 2.50 bits per heavy atom. The first-order chi connectivity index (χ1) is 9.72. The van der Waals surface area contributed by atoms with Crippen LogP contribution >= 0.6 is 0 Å². The van der Waals surface area contributed by atoms with E-state index in [1.807, 2.05) is 0 Å². The van der Waals surface area contributed by atoms with Gasteiger partial charge < -0.3 is 14.8 Å². The number of hydrogen-bond donors (Lipinski definition) is 1. The molecule has 0 saturated carbocycles. The molecule has 2 atom stereocenters. The molecule has 1 rings (SSSR count). The molecule has 0 bridgehead atoms. The van der Waals surface area contributed by atoms with Crippen LogP contribution in [0.15, 0.2) is 0 Å². The zero-order valence-electron chi connectivity index (χ0n) is 14.0. The zero-order chi connectivity index (χ0) is 14.8. The lowest BCUT2D eigenvalue weighted by Gasteiger charge is -2.40. The first-order valence-electron chi connectivity index (χ1n) is 8.71. The molecule has 0 radical (unpaired) electrons. The molecule has 1 N–H and O–H groups in total. The number of ether oxygens (including phenoxy) is 2. The Morgan fingerprint density at radius 2 is 2.00 bits per heavy atom. The Bertz CT molecular complexity index is 235. The van der Waals surface area contributed by atoms with E-state index in [1.54, 1.807) is 0 Å². The van der Waals surface area contributed by atoms with E-state index in [0.717, 1.165) is 45.4 Å². The molecular formula is C17H35NO2. The van der Waals surface area contributed by atoms with Gasteiger partial charge in [-0.25, -0.2) is 0 Å². The normalized spacial score (nSPS) is 21.3. The standard InChI is InChI=1S/C17H35NO2/c1-5-13-18-16(12-11-15-10-9-14-19-15)17(6-2,7-3)20-8-4/h15-16,18H,5-14H2,1-4H3. The topological polar surface area (TPSA) is 30.5 Å². The maximum absolute atomic E-state index is 6.20. The van der Waals surface area contributed by atoms with Crippen molar-refractivity contribution >= 4 is 0 Å². The molecule has 0 aromatic rings. The minimum Gasteiger partial charge on any atom is -0.378 e. The van der Waals surface area contributed by atoms with Crippen LogP contribution in [0.2, 0.25) is 0 Å². The largest absolute Gasteiger partial charge is 0.378 e. The van der Waals surface area contributed by atoms with E-state index in [4.69, 9.17) is 9.47 Å². The fourth-order valence-corrected chi connectivity index (χ4v) is 3.43. The lowest BCUT2D eigenvalue weighted by molar-refractivity contribution is -0.0759. The van der Waals surface area contributed by atoms with Crippen molar-refractivity contribution in [3.8, 4) is 0 Å². The first-order valence-corrected chi connectivity index (χ1v) is 8.71. The minimum absolute atomic E-state index is 0.0114. The highest BCUT2D eigenvalue weighted by Gasteiger charge is 2.36. The smallest absolute Gasteiger partial charge is 0.0829 e. The van der Waals surface area contributed by atoms with Crippen LogP contribution in [0, 0.1) is 0 Å². The van der Waals surface area contributed by atoms with Gasteiger partial charge in [0.25, 0.3) is 0 Å². The average molecular weight is 285 g/mol. The molecule has 0 aliphatic carbocycles. The van der Waals surface area contributed by atoms with E-state index < -0.39 is 0 Å². The van der Waals surface area contributed by atoms with E-state index in [1.165, 1.54) is 19.3 Å². The SMILES string of the molecule is CCCNC(CCC1CCCO1)C(CC)(CC)OCC. The van der Waals surface area contributed by atoms with E-state index in [-0.39, 0.29) is 5.60 Å². The summed E-state index contributed by atoms with van der Waals surface area (Å²) < 4.78 is 12.0. The van der Waals surface area contributed by atoms with Crippen molar-refractivity contribution in [2.24, 2.45) is 0 Å². The van der Waals surface area contributed by atoms with Crippen LogP contribution < -0.4 is 5.32 Å². The van der Waals surface area contributed by atoms with Crippen molar-refractivity contribution in [2.75, 3.05) is 19.8 Å². The molecular weight excluding hydrogens is 250 g/mol. The van der Waals surface area contributed by atoms with Gasteiger partial charge in [0.2, 0.25) is 0 Å². The third-order valence-corrected chi connectivity index (χ3v) is 4.71. The maximum Gasteiger partial charge on any atom is 0.0829 e. The van der Waals surface area contributed by atoms with Crippen LogP contribution in [0.4, 0.5) is 0 Å². The minimum atomic E-state index is -0.0114. The third-order valence-electron chi connectivity index (χ3n) is 4.71. The molecule has 3 nitrogen and oxygen atoms in total. The Hall–Kier alpha value is -0.120. The second-order valence-corrected chi connectivity index (χ2v) is 5.92. The van der Waals surface area contributed by atoms with Crippen LogP contribution in [0.5, 0.6) is 0 Å². The van der Waals surface area contributed by atoms with Crippen molar-refractivity contribution in [1.29, 1.82) is 0 Å². The lowest BCUT2D eigenvalue weighted by atomic mass is 9.84. The number of rotatable bonds is 11. The van der Waals surface area contributed by atoms with E-state index in [9.17, 15) is 0 Å². The third kappa shape index (κ3) is 5.01. The molecule has 1 aliphatic heterocycles. The van der Waals surface area contributed by atoms with Gasteiger partial charge in [0.1, 0.15) is 0 Å². The fraction of sp³-hybridized carbons (Fsp3) is 1.00. The molecule has 1 heterocycles. The quantitative estimate of drug-likeness (QED) is 0.624. The van der Waals surface area contributed by atoms with Gasteiger partial charge >= 0.3 is 0 Å². The highest BCUT2D eigenvalue weighted by atomic mass is 16.5. The van der Waals surface area contributed by atoms with Gasteiger partial charge in [-0.05, 0) is 58.4 Å². The van der Waals surface area contributed by atoms with Crippen molar-refractivity contribution in [3.05, 3.63) is 0 Å². The van der Waals surface area contributed by atoms with E-state index in [2.05, 4.69) is 33.0 Å². The van der Waals surface area contributed by atoms with Crippen LogP contribution in [-0.2, 0) is 9.47 Å². The molecule has 0 aromatic heterocycles. The molecule has 120 valence electrons. The molecule has 1 aliphatic rings. The predicted molar refractivity (Wildman–Crippen MR) is 85.2 cm³/mol. The summed E-state index contributed by atoms with van der Waals surface area (Å²) in [5.41, 5.74) is -0.0114. The summed E-state index contributed by atoms with van der Waals surface area (Å²) in [6.07, 6.45) is 8.59. The van der Waals surface area contributed by atoms with Gasteiger partial charge in [0, 0.05) is 19.3 Å². The van der Waals surface area contributed by atoms with Crippen molar-refractivity contribution in [3.63, 3.8) is 0 Å². The fourth-order valence-electron chi connectivity index (χ4n) is 3.43. The molecule has 0 spiro atoms. The average Bonchev–Trinajstić information content (AvgIpc) is 2.99. The van der Waals surface area contributed by atoms with Crippen LogP contribution in [0.1, 0.15) is 72.6 Å². The lowest BCUT2D eigenvalue weighted by Crippen LogP contribution is -2.52. The Labute approximate surface area is 125 Å². The molecule has 0 amide bonds. The van der Waals surface area contributed by atoms with Crippen LogP contribution in [-0.4, -0.2) is 37.5 Å². The van der Waals surface area contributed by atoms with E-state index >= 15 is 0 Å². The molecule has 1 fully saturated rings. The van der Waals surface area contributed by atoms with Gasteiger partial charge in [0.15, 0.2) is 0 Å². The summed E-state index contributed by atoms with van der Waals surface area (Å²) in [6.45, 7) is 11.7. The monoisotopic (exact) mass is 285 g/mol. The Balaban J connectivity index is 2.62. The Morgan fingerprint density at radius 1 is 1.25 bits per heavy atom. The highest BCUT2D eigenvalue weighted by Crippen LogP contribution is 2.29. The Kier molecular flexibility index (Phi) is 8.74. The van der Waals surface area contributed by atoms with Gasteiger partial charge in [-0.1, -0.05) is 20.8 Å². The van der Waals surface area contributed by atoms with Gasteiger partial charge in [0.05, 0.1) is 11.7 Å². The zero-order valence-corrected chi connectivity index (χ0v) is 14.0. The molecule has 20 heavy (non-hydrogen) atoms. The van der Waals surface area contributed by atoms with Crippen LogP contribution in [0.3, 0.4) is 0 Å². The maximum atomic E-state index is 6.20.